The van der Waals surface area contributed by atoms with Crippen molar-refractivity contribution in [1.82, 2.24) is 14.5 Å². The Balaban J connectivity index is 2.02. The van der Waals surface area contributed by atoms with Gasteiger partial charge in [-0.15, -0.1) is 0 Å². The number of hydrogen-bond acceptors (Lipinski definition) is 4. The van der Waals surface area contributed by atoms with E-state index in [1.165, 1.54) is 31.1 Å². The summed E-state index contributed by atoms with van der Waals surface area (Å²) in [5.74, 6) is -0.152. The lowest BCUT2D eigenvalue weighted by Crippen LogP contribution is -2.29. The summed E-state index contributed by atoms with van der Waals surface area (Å²) in [7, 11) is 2.78. The molecular formula is C20H26N4O4S. The molecule has 0 aliphatic carbocycles. The van der Waals surface area contributed by atoms with Gasteiger partial charge in [-0.3, -0.25) is 4.79 Å². The summed E-state index contributed by atoms with van der Waals surface area (Å²) in [5.41, 5.74) is 2.61. The van der Waals surface area contributed by atoms with Crippen LogP contribution in [0.2, 0.25) is 0 Å². The summed E-state index contributed by atoms with van der Waals surface area (Å²) in [6.07, 6.45) is 0. The zero-order valence-electron chi connectivity index (χ0n) is 17.2. The van der Waals surface area contributed by atoms with Crippen LogP contribution in [0.15, 0.2) is 47.4 Å². The molecule has 0 bridgehead atoms. The van der Waals surface area contributed by atoms with Gasteiger partial charge in [0.05, 0.1) is 4.90 Å². The molecule has 29 heavy (non-hydrogen) atoms. The number of aryl methyl sites for hydroxylation is 1. The average molecular weight is 419 g/mol. The highest BCUT2D eigenvalue weighted by atomic mass is 32.2. The Morgan fingerprint density at radius 2 is 1.59 bits per heavy atom. The third-order valence-electron chi connectivity index (χ3n) is 4.29. The van der Waals surface area contributed by atoms with Crippen molar-refractivity contribution in [3.63, 3.8) is 0 Å². The molecule has 2 aromatic carbocycles. The van der Waals surface area contributed by atoms with Crippen LogP contribution in [0.1, 0.15) is 21.5 Å². The zero-order valence-corrected chi connectivity index (χ0v) is 18.0. The number of sulfonamides is 1. The minimum absolute atomic E-state index is 0.152. The topological polar surface area (TPSA) is 98.8 Å². The Kier molecular flexibility index (Phi) is 6.99. The molecule has 8 nitrogen and oxygen atoms in total. The van der Waals surface area contributed by atoms with Crippen LogP contribution in [0.4, 0.5) is 10.5 Å². The van der Waals surface area contributed by atoms with Crippen molar-refractivity contribution in [1.29, 1.82) is 0 Å². The van der Waals surface area contributed by atoms with Crippen LogP contribution in [0.5, 0.6) is 0 Å². The molecule has 0 radical (unpaired) electrons. The average Bonchev–Trinajstić information content (AvgIpc) is 2.67. The summed E-state index contributed by atoms with van der Waals surface area (Å²) in [6, 6.07) is 11.0. The molecule has 0 aromatic heterocycles. The van der Waals surface area contributed by atoms with E-state index in [9.17, 15) is 18.0 Å². The molecule has 0 aliphatic heterocycles. The third-order valence-corrected chi connectivity index (χ3v) is 6.12. The fourth-order valence-corrected chi connectivity index (χ4v) is 3.39. The van der Waals surface area contributed by atoms with Gasteiger partial charge in [0, 0.05) is 46.0 Å². The van der Waals surface area contributed by atoms with Gasteiger partial charge in [-0.2, -0.15) is 0 Å². The molecule has 0 fully saturated rings. The Morgan fingerprint density at radius 3 is 2.14 bits per heavy atom. The molecule has 9 heteroatoms. The fraction of sp³-hybridized carbons (Fsp3) is 0.300. The minimum atomic E-state index is -3.49. The van der Waals surface area contributed by atoms with Gasteiger partial charge >= 0.3 is 6.03 Å². The second-order valence-electron chi connectivity index (χ2n) is 6.97. The van der Waals surface area contributed by atoms with Crippen molar-refractivity contribution in [3.8, 4) is 0 Å². The summed E-state index contributed by atoms with van der Waals surface area (Å²) in [6.45, 7) is 2.06. The van der Waals surface area contributed by atoms with Crippen LogP contribution in [0, 0.1) is 6.92 Å². The lowest BCUT2D eigenvalue weighted by molar-refractivity contribution is 0.0827. The highest BCUT2D eigenvalue weighted by Crippen LogP contribution is 2.18. The molecule has 0 heterocycles. The predicted octanol–water partition coefficient (Wildman–Crippen LogP) is 2.27. The Bertz CT molecular complexity index is 1000. The number of benzene rings is 2. The Morgan fingerprint density at radius 1 is 0.966 bits per heavy atom. The molecule has 2 N–H and O–H groups in total. The van der Waals surface area contributed by atoms with Crippen molar-refractivity contribution >= 4 is 27.6 Å². The van der Waals surface area contributed by atoms with Crippen LogP contribution < -0.4 is 10.6 Å². The van der Waals surface area contributed by atoms with Crippen molar-refractivity contribution < 1.29 is 18.0 Å². The maximum atomic E-state index is 12.2. The van der Waals surface area contributed by atoms with E-state index >= 15 is 0 Å². The van der Waals surface area contributed by atoms with E-state index in [0.717, 1.165) is 15.4 Å². The molecule has 156 valence electrons. The van der Waals surface area contributed by atoms with Gasteiger partial charge < -0.3 is 15.5 Å². The molecule has 0 aliphatic rings. The maximum Gasteiger partial charge on any atom is 0.319 e. The standard InChI is InChI=1S/C20H26N4O4S/c1-14-6-9-16(19(25)23(2)3)12-18(14)22-20(26)21-13-15-7-10-17(11-8-15)29(27,28)24(4)5/h6-12H,13H2,1-5H3,(H2,21,22,26). The van der Waals surface area contributed by atoms with Gasteiger partial charge in [-0.05, 0) is 42.3 Å². The number of carbonyl (C=O) groups excluding carboxylic acids is 2. The first kappa shape index (κ1) is 22.4. The van der Waals surface area contributed by atoms with E-state index in [4.69, 9.17) is 0 Å². The predicted molar refractivity (Wildman–Crippen MR) is 112 cm³/mol. The van der Waals surface area contributed by atoms with E-state index in [1.54, 1.807) is 44.4 Å². The molecular weight excluding hydrogens is 392 g/mol. The molecule has 2 rings (SSSR count). The van der Waals surface area contributed by atoms with Crippen LogP contribution in [-0.2, 0) is 16.6 Å². The zero-order chi connectivity index (χ0) is 21.8. The van der Waals surface area contributed by atoms with E-state index in [2.05, 4.69) is 10.6 Å². The number of hydrogen-bond donors (Lipinski definition) is 2. The van der Waals surface area contributed by atoms with Crippen molar-refractivity contribution in [2.45, 2.75) is 18.4 Å². The number of urea groups is 1. The Hall–Kier alpha value is -2.91. The first-order valence-corrected chi connectivity index (χ1v) is 10.3. The maximum absolute atomic E-state index is 12.2. The van der Waals surface area contributed by atoms with Gasteiger partial charge in [0.1, 0.15) is 0 Å². The molecule has 0 saturated heterocycles. The van der Waals surface area contributed by atoms with Crippen LogP contribution in [0.3, 0.4) is 0 Å². The van der Waals surface area contributed by atoms with Gasteiger partial charge in [0.25, 0.3) is 5.91 Å². The van der Waals surface area contributed by atoms with Crippen molar-refractivity contribution in [3.05, 3.63) is 59.2 Å². The van der Waals surface area contributed by atoms with Crippen LogP contribution in [0.25, 0.3) is 0 Å². The molecule has 3 amide bonds. The number of amides is 3. The smallest absolute Gasteiger partial charge is 0.319 e. The number of nitrogens with zero attached hydrogens (tertiary/aromatic N) is 2. The van der Waals surface area contributed by atoms with Crippen LogP contribution in [-0.4, -0.2) is 57.8 Å². The minimum Gasteiger partial charge on any atom is -0.345 e. The van der Waals surface area contributed by atoms with E-state index < -0.39 is 16.1 Å². The SMILES string of the molecule is Cc1ccc(C(=O)N(C)C)cc1NC(=O)NCc1ccc(S(=O)(=O)N(C)C)cc1. The summed E-state index contributed by atoms with van der Waals surface area (Å²) in [5, 5.41) is 5.46. The number of carbonyl (C=O) groups is 2. The third kappa shape index (κ3) is 5.55. The van der Waals surface area contributed by atoms with Gasteiger partial charge in [0.2, 0.25) is 10.0 Å². The molecule has 0 atom stereocenters. The first-order valence-electron chi connectivity index (χ1n) is 8.91. The molecule has 0 unspecified atom stereocenters. The van der Waals surface area contributed by atoms with Crippen molar-refractivity contribution in [2.75, 3.05) is 33.5 Å². The lowest BCUT2D eigenvalue weighted by atomic mass is 10.1. The Labute approximate surface area is 171 Å². The van der Waals surface area contributed by atoms with E-state index in [1.807, 2.05) is 6.92 Å². The van der Waals surface area contributed by atoms with Crippen LogP contribution >= 0.6 is 0 Å². The second kappa shape index (κ2) is 9.06. The fourth-order valence-electron chi connectivity index (χ4n) is 2.49. The quantitative estimate of drug-likeness (QED) is 0.752. The summed E-state index contributed by atoms with van der Waals surface area (Å²) >= 11 is 0. The molecule has 0 spiro atoms. The molecule has 2 aromatic rings. The highest BCUT2D eigenvalue weighted by Gasteiger charge is 2.16. The van der Waals surface area contributed by atoms with Gasteiger partial charge in [-0.1, -0.05) is 18.2 Å². The van der Waals surface area contributed by atoms with E-state index in [0.29, 0.717) is 11.3 Å². The normalized spacial score (nSPS) is 11.2. The highest BCUT2D eigenvalue weighted by molar-refractivity contribution is 7.89. The molecule has 0 saturated carbocycles. The largest absolute Gasteiger partial charge is 0.345 e. The monoisotopic (exact) mass is 418 g/mol. The second-order valence-corrected chi connectivity index (χ2v) is 9.12. The van der Waals surface area contributed by atoms with Crippen molar-refractivity contribution in [2.24, 2.45) is 0 Å². The summed E-state index contributed by atoms with van der Waals surface area (Å²) < 4.78 is 25.3. The number of anilines is 1. The first-order chi connectivity index (χ1) is 13.5. The number of nitrogens with one attached hydrogen (secondary N) is 2. The number of rotatable bonds is 6. The van der Waals surface area contributed by atoms with Gasteiger partial charge in [0.15, 0.2) is 0 Å². The summed E-state index contributed by atoms with van der Waals surface area (Å²) in [4.78, 5) is 26.0. The van der Waals surface area contributed by atoms with E-state index in [-0.39, 0.29) is 17.3 Å². The lowest BCUT2D eigenvalue weighted by Gasteiger charge is -2.14. The van der Waals surface area contributed by atoms with Gasteiger partial charge in [-0.25, -0.2) is 17.5 Å².